The molecule has 0 unspecified atom stereocenters. The molecule has 1 aromatic rings. The third kappa shape index (κ3) is 5.01. The highest BCUT2D eigenvalue weighted by Gasteiger charge is 2.05. The van der Waals surface area contributed by atoms with Gasteiger partial charge in [-0.2, -0.15) is 0 Å². The van der Waals surface area contributed by atoms with Crippen LogP contribution in [0.4, 0.5) is 0 Å². The lowest BCUT2D eigenvalue weighted by molar-refractivity contribution is 0.0991. The zero-order valence-electron chi connectivity index (χ0n) is 11.8. The summed E-state index contributed by atoms with van der Waals surface area (Å²) in [6.45, 7) is 7.88. The fraction of sp³-hybridized carbons (Fsp3) is 0.562. The van der Waals surface area contributed by atoms with Crippen molar-refractivity contribution < 1.29 is 4.79 Å². The summed E-state index contributed by atoms with van der Waals surface area (Å²) in [6, 6.07) is 7.97. The molecule has 0 saturated carbocycles. The van der Waals surface area contributed by atoms with Crippen molar-refractivity contribution in [1.82, 2.24) is 5.32 Å². The number of unbranched alkanes of at least 4 members (excludes halogenated alkanes) is 2. The van der Waals surface area contributed by atoms with Crippen molar-refractivity contribution in [2.75, 3.05) is 13.1 Å². The van der Waals surface area contributed by atoms with E-state index in [2.05, 4.69) is 38.2 Å². The highest BCUT2D eigenvalue weighted by molar-refractivity contribution is 5.97. The van der Waals surface area contributed by atoms with E-state index in [0.29, 0.717) is 12.5 Å². The summed E-state index contributed by atoms with van der Waals surface area (Å²) in [6.07, 6.45) is 3.59. The predicted molar refractivity (Wildman–Crippen MR) is 77.3 cm³/mol. The summed E-state index contributed by atoms with van der Waals surface area (Å²) in [4.78, 5) is 11.9. The summed E-state index contributed by atoms with van der Waals surface area (Å²) in [5.74, 6) is 0.697. The van der Waals surface area contributed by atoms with Crippen LogP contribution in [0.15, 0.2) is 24.3 Å². The number of ketones is 1. The van der Waals surface area contributed by atoms with Crippen molar-refractivity contribution in [2.45, 2.75) is 46.0 Å². The average molecular weight is 247 g/mol. The fourth-order valence-corrected chi connectivity index (χ4v) is 1.86. The topological polar surface area (TPSA) is 29.1 Å². The van der Waals surface area contributed by atoms with Gasteiger partial charge in [0.1, 0.15) is 0 Å². The normalized spacial score (nSPS) is 10.9. The van der Waals surface area contributed by atoms with Crippen LogP contribution < -0.4 is 5.32 Å². The van der Waals surface area contributed by atoms with E-state index < -0.39 is 0 Å². The van der Waals surface area contributed by atoms with Crippen molar-refractivity contribution in [2.24, 2.45) is 0 Å². The summed E-state index contributed by atoms with van der Waals surface area (Å²) in [5, 5.41) is 3.21. The Kier molecular flexibility index (Phi) is 6.66. The molecule has 100 valence electrons. The number of nitrogens with one attached hydrogen (secondary N) is 1. The second kappa shape index (κ2) is 8.04. The Balaban J connectivity index is 2.37. The molecule has 0 heterocycles. The minimum atomic E-state index is 0.182. The predicted octanol–water partition coefficient (Wildman–Crippen LogP) is 3.77. The van der Waals surface area contributed by atoms with Gasteiger partial charge in [-0.3, -0.25) is 4.79 Å². The molecule has 1 rings (SSSR count). The van der Waals surface area contributed by atoms with Gasteiger partial charge in [0.2, 0.25) is 0 Å². The van der Waals surface area contributed by atoms with E-state index in [0.717, 1.165) is 18.5 Å². The molecule has 0 aliphatic heterocycles. The largest absolute Gasteiger partial charge is 0.310 e. The average Bonchev–Trinajstić information content (AvgIpc) is 2.38. The third-order valence-electron chi connectivity index (χ3n) is 3.14. The number of hydrogen-bond acceptors (Lipinski definition) is 2. The summed E-state index contributed by atoms with van der Waals surface area (Å²) < 4.78 is 0. The standard InChI is InChI=1S/C16H25NO/c1-4-5-6-11-17-12-16(18)15-9-7-14(8-10-15)13(2)3/h7-10,13,17H,4-6,11-12H2,1-3H3. The van der Waals surface area contributed by atoms with Gasteiger partial charge in [0.25, 0.3) is 0 Å². The Hall–Kier alpha value is -1.15. The molecule has 0 amide bonds. The number of carbonyl (C=O) groups is 1. The molecule has 0 spiro atoms. The minimum absolute atomic E-state index is 0.182. The maximum absolute atomic E-state index is 11.9. The van der Waals surface area contributed by atoms with Crippen LogP contribution in [0.25, 0.3) is 0 Å². The van der Waals surface area contributed by atoms with Gasteiger partial charge in [-0.1, -0.05) is 57.9 Å². The molecule has 2 heteroatoms. The molecular formula is C16H25NO. The Morgan fingerprint density at radius 3 is 2.39 bits per heavy atom. The van der Waals surface area contributed by atoms with Gasteiger partial charge in [0, 0.05) is 5.56 Å². The molecule has 0 radical (unpaired) electrons. The number of Topliss-reactive ketones (excluding diaryl/α,β-unsaturated/α-hetero) is 1. The second-order valence-corrected chi connectivity index (χ2v) is 5.08. The van der Waals surface area contributed by atoms with Crippen LogP contribution in [0.3, 0.4) is 0 Å². The van der Waals surface area contributed by atoms with Gasteiger partial charge in [-0.05, 0) is 24.4 Å². The van der Waals surface area contributed by atoms with Gasteiger partial charge >= 0.3 is 0 Å². The number of benzene rings is 1. The molecule has 0 atom stereocenters. The van der Waals surface area contributed by atoms with E-state index in [-0.39, 0.29) is 5.78 Å². The van der Waals surface area contributed by atoms with Gasteiger partial charge in [0.05, 0.1) is 6.54 Å². The number of hydrogen-bond donors (Lipinski definition) is 1. The first kappa shape index (κ1) is 14.9. The second-order valence-electron chi connectivity index (χ2n) is 5.08. The maximum Gasteiger partial charge on any atom is 0.176 e. The van der Waals surface area contributed by atoms with Crippen LogP contribution >= 0.6 is 0 Å². The van der Waals surface area contributed by atoms with Crippen LogP contribution in [0, 0.1) is 0 Å². The Labute approximate surface area is 111 Å². The highest BCUT2D eigenvalue weighted by Crippen LogP contribution is 2.14. The smallest absolute Gasteiger partial charge is 0.176 e. The SMILES string of the molecule is CCCCCNCC(=O)c1ccc(C(C)C)cc1. The van der Waals surface area contributed by atoms with E-state index in [1.54, 1.807) is 0 Å². The molecule has 0 aliphatic carbocycles. The van der Waals surface area contributed by atoms with Crippen molar-refractivity contribution in [1.29, 1.82) is 0 Å². The van der Waals surface area contributed by atoms with Crippen LogP contribution in [-0.4, -0.2) is 18.9 Å². The summed E-state index contributed by atoms with van der Waals surface area (Å²) in [5.41, 5.74) is 2.09. The first-order valence-electron chi connectivity index (χ1n) is 6.99. The lowest BCUT2D eigenvalue weighted by Gasteiger charge is -2.07. The highest BCUT2D eigenvalue weighted by atomic mass is 16.1. The molecule has 1 N–H and O–H groups in total. The lowest BCUT2D eigenvalue weighted by atomic mass is 10.0. The quantitative estimate of drug-likeness (QED) is 0.559. The molecule has 0 bridgehead atoms. The monoisotopic (exact) mass is 247 g/mol. The summed E-state index contributed by atoms with van der Waals surface area (Å²) >= 11 is 0. The minimum Gasteiger partial charge on any atom is -0.310 e. The summed E-state index contributed by atoms with van der Waals surface area (Å²) in [7, 11) is 0. The zero-order chi connectivity index (χ0) is 13.4. The van der Waals surface area contributed by atoms with E-state index >= 15 is 0 Å². The van der Waals surface area contributed by atoms with Gasteiger partial charge in [0.15, 0.2) is 5.78 Å². The van der Waals surface area contributed by atoms with Crippen LogP contribution in [0.1, 0.15) is 61.9 Å². The fourth-order valence-electron chi connectivity index (χ4n) is 1.86. The van der Waals surface area contributed by atoms with E-state index in [4.69, 9.17) is 0 Å². The van der Waals surface area contributed by atoms with Crippen molar-refractivity contribution in [3.8, 4) is 0 Å². The Morgan fingerprint density at radius 2 is 1.83 bits per heavy atom. The zero-order valence-corrected chi connectivity index (χ0v) is 11.8. The molecule has 1 aromatic carbocycles. The van der Waals surface area contributed by atoms with Crippen molar-refractivity contribution >= 4 is 5.78 Å². The van der Waals surface area contributed by atoms with E-state index in [1.807, 2.05) is 12.1 Å². The number of rotatable bonds is 8. The molecule has 0 saturated heterocycles. The Bertz CT molecular complexity index is 354. The van der Waals surface area contributed by atoms with E-state index in [9.17, 15) is 4.79 Å². The molecule has 0 fully saturated rings. The maximum atomic E-state index is 11.9. The van der Waals surface area contributed by atoms with Gasteiger partial charge in [-0.25, -0.2) is 0 Å². The third-order valence-corrected chi connectivity index (χ3v) is 3.14. The van der Waals surface area contributed by atoms with Gasteiger partial charge in [-0.15, -0.1) is 0 Å². The van der Waals surface area contributed by atoms with Gasteiger partial charge < -0.3 is 5.32 Å². The molecule has 0 aromatic heterocycles. The molecule has 18 heavy (non-hydrogen) atoms. The molecule has 0 aliphatic rings. The first-order valence-corrected chi connectivity index (χ1v) is 6.99. The van der Waals surface area contributed by atoms with Crippen molar-refractivity contribution in [3.63, 3.8) is 0 Å². The van der Waals surface area contributed by atoms with Crippen molar-refractivity contribution in [3.05, 3.63) is 35.4 Å². The molecular weight excluding hydrogens is 222 g/mol. The van der Waals surface area contributed by atoms with Crippen LogP contribution in [-0.2, 0) is 0 Å². The first-order chi connectivity index (χ1) is 8.65. The molecule has 2 nitrogen and oxygen atoms in total. The lowest BCUT2D eigenvalue weighted by Crippen LogP contribution is -2.24. The number of carbonyl (C=O) groups excluding carboxylic acids is 1. The van der Waals surface area contributed by atoms with Crippen LogP contribution in [0.2, 0.25) is 0 Å². The Morgan fingerprint density at radius 1 is 1.17 bits per heavy atom. The van der Waals surface area contributed by atoms with E-state index in [1.165, 1.54) is 18.4 Å². The van der Waals surface area contributed by atoms with Crippen LogP contribution in [0.5, 0.6) is 0 Å².